The van der Waals surface area contributed by atoms with Crippen molar-refractivity contribution in [1.29, 1.82) is 5.41 Å². The van der Waals surface area contributed by atoms with Crippen LogP contribution in [-0.2, 0) is 12.8 Å². The monoisotopic (exact) mass is 348 g/mol. The van der Waals surface area contributed by atoms with Gasteiger partial charge in [-0.1, -0.05) is 29.8 Å². The molecule has 1 aromatic heterocycles. The van der Waals surface area contributed by atoms with Crippen molar-refractivity contribution in [3.8, 4) is 11.6 Å². The minimum atomic E-state index is -0.0523. The normalized spacial score (nSPS) is 10.4. The summed E-state index contributed by atoms with van der Waals surface area (Å²) >= 11 is 3.37. The molecule has 2 rings (SSSR count). The fourth-order valence-corrected chi connectivity index (χ4v) is 2.38. The van der Waals surface area contributed by atoms with E-state index in [-0.39, 0.29) is 11.7 Å². The molecule has 1 aromatic carbocycles. The second-order valence-corrected chi connectivity index (χ2v) is 5.40. The zero-order chi connectivity index (χ0) is 15.4. The van der Waals surface area contributed by atoms with E-state index in [1.807, 2.05) is 38.1 Å². The number of hydrogen-bond acceptors (Lipinski definition) is 4. The third-order valence-electron chi connectivity index (χ3n) is 3.11. The van der Waals surface area contributed by atoms with Crippen LogP contribution in [0.25, 0.3) is 0 Å². The Morgan fingerprint density at radius 2 is 1.86 bits per heavy atom. The Morgan fingerprint density at radius 3 is 2.38 bits per heavy atom. The first-order valence-electron chi connectivity index (χ1n) is 6.73. The second-order valence-electron chi connectivity index (χ2n) is 4.48. The second kappa shape index (κ2) is 6.67. The Kier molecular flexibility index (Phi) is 4.90. The van der Waals surface area contributed by atoms with Crippen LogP contribution in [0.1, 0.15) is 30.7 Å². The van der Waals surface area contributed by atoms with Gasteiger partial charge in [0, 0.05) is 4.47 Å². The largest absolute Gasteiger partial charge is 0.437 e. The highest BCUT2D eigenvalue weighted by atomic mass is 79.9. The van der Waals surface area contributed by atoms with Crippen molar-refractivity contribution >= 4 is 21.8 Å². The van der Waals surface area contributed by atoms with Gasteiger partial charge in [0.15, 0.2) is 0 Å². The molecule has 0 atom stereocenters. The van der Waals surface area contributed by atoms with Gasteiger partial charge in [-0.2, -0.15) is 5.10 Å². The highest BCUT2D eigenvalue weighted by Crippen LogP contribution is 2.27. The maximum absolute atomic E-state index is 7.81. The summed E-state index contributed by atoms with van der Waals surface area (Å²) in [6, 6.07) is 7.37. The first-order chi connectivity index (χ1) is 10.1. The summed E-state index contributed by atoms with van der Waals surface area (Å²) in [6.07, 6.45) is 1.47. The van der Waals surface area contributed by atoms with Crippen molar-refractivity contribution in [2.75, 3.05) is 0 Å². The standard InChI is InChI=1S/C15H17BrN4O/c1-3-11-12(4-2)19-20-15(13(11)14(17)18)21-10-7-5-9(16)6-8-10/h5-8H,3-4H2,1-2H3,(H3,17,18). The minimum Gasteiger partial charge on any atom is -0.437 e. The van der Waals surface area contributed by atoms with E-state index in [9.17, 15) is 0 Å². The molecule has 0 saturated heterocycles. The van der Waals surface area contributed by atoms with E-state index in [1.54, 1.807) is 0 Å². The number of nitrogens with zero attached hydrogens (tertiary/aromatic N) is 2. The summed E-state index contributed by atoms with van der Waals surface area (Å²) in [7, 11) is 0. The van der Waals surface area contributed by atoms with Gasteiger partial charge < -0.3 is 10.5 Å². The first kappa shape index (κ1) is 15.4. The molecule has 110 valence electrons. The quantitative estimate of drug-likeness (QED) is 0.640. The molecule has 5 nitrogen and oxygen atoms in total. The number of nitrogen functional groups attached to an aromatic ring is 1. The predicted molar refractivity (Wildman–Crippen MR) is 86.0 cm³/mol. The van der Waals surface area contributed by atoms with Crippen molar-refractivity contribution < 1.29 is 4.74 Å². The molecular formula is C15H17BrN4O. The Labute approximate surface area is 132 Å². The van der Waals surface area contributed by atoms with E-state index >= 15 is 0 Å². The fourth-order valence-electron chi connectivity index (χ4n) is 2.12. The van der Waals surface area contributed by atoms with E-state index in [4.69, 9.17) is 15.9 Å². The van der Waals surface area contributed by atoms with Crippen molar-refractivity contribution in [3.63, 3.8) is 0 Å². The van der Waals surface area contributed by atoms with Crippen molar-refractivity contribution in [3.05, 3.63) is 45.6 Å². The molecule has 0 aliphatic carbocycles. The van der Waals surface area contributed by atoms with Crippen molar-refractivity contribution in [2.45, 2.75) is 26.7 Å². The Morgan fingerprint density at radius 1 is 1.19 bits per heavy atom. The molecule has 0 aliphatic rings. The SMILES string of the molecule is CCc1nnc(Oc2ccc(Br)cc2)c(C(=N)N)c1CC. The molecule has 0 unspecified atom stereocenters. The topological polar surface area (TPSA) is 84.9 Å². The van der Waals surface area contributed by atoms with E-state index in [0.29, 0.717) is 11.3 Å². The summed E-state index contributed by atoms with van der Waals surface area (Å²) < 4.78 is 6.71. The number of benzene rings is 1. The predicted octanol–water partition coefficient (Wildman–Crippen LogP) is 3.44. The lowest BCUT2D eigenvalue weighted by Gasteiger charge is -2.14. The molecule has 0 saturated carbocycles. The number of nitrogens with one attached hydrogen (secondary N) is 1. The molecule has 21 heavy (non-hydrogen) atoms. The summed E-state index contributed by atoms with van der Waals surface area (Å²) in [5, 5.41) is 16.1. The van der Waals surface area contributed by atoms with Gasteiger partial charge in [0.2, 0.25) is 5.88 Å². The van der Waals surface area contributed by atoms with Gasteiger partial charge in [-0.15, -0.1) is 5.10 Å². The van der Waals surface area contributed by atoms with Crippen LogP contribution in [0, 0.1) is 5.41 Å². The Bertz CT molecular complexity index is 655. The smallest absolute Gasteiger partial charge is 0.250 e. The van der Waals surface area contributed by atoms with Gasteiger partial charge in [-0.25, -0.2) is 0 Å². The summed E-state index contributed by atoms with van der Waals surface area (Å²) in [5.41, 5.74) is 8.03. The molecule has 3 N–H and O–H groups in total. The van der Waals surface area contributed by atoms with Gasteiger partial charge in [0.1, 0.15) is 11.6 Å². The Balaban J connectivity index is 2.48. The van der Waals surface area contributed by atoms with Crippen LogP contribution < -0.4 is 10.5 Å². The number of rotatable bonds is 5. The number of aryl methyl sites for hydroxylation is 1. The van der Waals surface area contributed by atoms with Crippen LogP contribution in [0.3, 0.4) is 0 Å². The maximum Gasteiger partial charge on any atom is 0.250 e. The van der Waals surface area contributed by atoms with Crippen LogP contribution in [0.4, 0.5) is 0 Å². The molecule has 0 spiro atoms. The van der Waals surface area contributed by atoms with Crippen LogP contribution >= 0.6 is 15.9 Å². The van der Waals surface area contributed by atoms with Gasteiger partial charge in [0.25, 0.3) is 0 Å². The number of aromatic nitrogens is 2. The number of nitrogens with two attached hydrogens (primary N) is 1. The van der Waals surface area contributed by atoms with Gasteiger partial charge >= 0.3 is 0 Å². The number of amidine groups is 1. The van der Waals surface area contributed by atoms with Crippen molar-refractivity contribution in [2.24, 2.45) is 5.73 Å². The molecule has 6 heteroatoms. The van der Waals surface area contributed by atoms with Gasteiger partial charge in [0.05, 0.1) is 11.3 Å². The number of halogens is 1. The Hall–Kier alpha value is -1.95. The first-order valence-corrected chi connectivity index (χ1v) is 7.52. The zero-order valence-corrected chi connectivity index (χ0v) is 13.6. The third kappa shape index (κ3) is 3.39. The van der Waals surface area contributed by atoms with Crippen LogP contribution in [0.15, 0.2) is 28.7 Å². The van der Waals surface area contributed by atoms with Gasteiger partial charge in [-0.3, -0.25) is 5.41 Å². The lowest BCUT2D eigenvalue weighted by atomic mass is 10.0. The molecule has 0 bridgehead atoms. The highest BCUT2D eigenvalue weighted by molar-refractivity contribution is 9.10. The summed E-state index contributed by atoms with van der Waals surface area (Å²) in [5.74, 6) is 0.851. The lowest BCUT2D eigenvalue weighted by Crippen LogP contribution is -2.18. The molecule has 0 fully saturated rings. The summed E-state index contributed by atoms with van der Waals surface area (Å²) in [4.78, 5) is 0. The average Bonchev–Trinajstić information content (AvgIpc) is 2.48. The van der Waals surface area contributed by atoms with E-state index < -0.39 is 0 Å². The molecule has 1 heterocycles. The molecule has 2 aromatic rings. The average molecular weight is 349 g/mol. The van der Waals surface area contributed by atoms with E-state index in [1.165, 1.54) is 0 Å². The zero-order valence-electron chi connectivity index (χ0n) is 12.0. The summed E-state index contributed by atoms with van der Waals surface area (Å²) in [6.45, 7) is 4.01. The third-order valence-corrected chi connectivity index (χ3v) is 3.64. The van der Waals surface area contributed by atoms with Crippen LogP contribution in [0.2, 0.25) is 0 Å². The van der Waals surface area contributed by atoms with E-state index in [0.717, 1.165) is 28.6 Å². The van der Waals surface area contributed by atoms with Crippen LogP contribution in [-0.4, -0.2) is 16.0 Å². The van der Waals surface area contributed by atoms with E-state index in [2.05, 4.69) is 26.1 Å². The van der Waals surface area contributed by atoms with Crippen molar-refractivity contribution in [1.82, 2.24) is 10.2 Å². The molecular weight excluding hydrogens is 332 g/mol. The lowest BCUT2D eigenvalue weighted by molar-refractivity contribution is 0.451. The number of hydrogen-bond donors (Lipinski definition) is 2. The number of ether oxygens (including phenoxy) is 1. The molecule has 0 radical (unpaired) electrons. The molecule has 0 amide bonds. The fraction of sp³-hybridized carbons (Fsp3) is 0.267. The highest BCUT2D eigenvalue weighted by Gasteiger charge is 2.18. The van der Waals surface area contributed by atoms with Crippen LogP contribution in [0.5, 0.6) is 11.6 Å². The van der Waals surface area contributed by atoms with Gasteiger partial charge in [-0.05, 0) is 42.7 Å². The maximum atomic E-state index is 7.81. The molecule has 0 aliphatic heterocycles. The minimum absolute atomic E-state index is 0.0523.